The van der Waals surface area contributed by atoms with Crippen molar-refractivity contribution in [3.8, 4) is 0 Å². The molecule has 1 saturated heterocycles. The van der Waals surface area contributed by atoms with Gasteiger partial charge in [0.15, 0.2) is 0 Å². The Hall–Kier alpha value is -0.610. The molecule has 1 amide bonds. The number of likely N-dealkylation sites (N-methyl/N-ethyl adjacent to an activating group) is 1. The zero-order valence-electron chi connectivity index (χ0n) is 13.2. The number of nitrogens with zero attached hydrogens (tertiary/aromatic N) is 1. The molecule has 1 aliphatic rings. The Morgan fingerprint density at radius 3 is 2.53 bits per heavy atom. The van der Waals surface area contributed by atoms with Gasteiger partial charge in [-0.1, -0.05) is 13.8 Å². The molecule has 3 atom stereocenters. The van der Waals surface area contributed by atoms with Gasteiger partial charge in [0.25, 0.3) is 0 Å². The van der Waals surface area contributed by atoms with Gasteiger partial charge in [-0.05, 0) is 46.2 Å². The maximum absolute atomic E-state index is 12.3. The second-order valence-corrected chi connectivity index (χ2v) is 6.68. The van der Waals surface area contributed by atoms with E-state index >= 15 is 0 Å². The SMILES string of the molecule is CC(C)CC(CN(C)C)NC(=O)C1CCC(C)NC1. The lowest BCUT2D eigenvalue weighted by molar-refractivity contribution is -0.126. The lowest BCUT2D eigenvalue weighted by Crippen LogP contribution is -2.49. The molecule has 0 aromatic rings. The van der Waals surface area contributed by atoms with Crippen LogP contribution < -0.4 is 10.6 Å². The van der Waals surface area contributed by atoms with Crippen LogP contribution >= 0.6 is 0 Å². The number of carbonyl (C=O) groups is 1. The molecule has 0 aromatic carbocycles. The van der Waals surface area contributed by atoms with Gasteiger partial charge in [0.05, 0.1) is 5.92 Å². The van der Waals surface area contributed by atoms with Crippen LogP contribution in [0.15, 0.2) is 0 Å². The Labute approximate surface area is 118 Å². The molecule has 1 heterocycles. The van der Waals surface area contributed by atoms with Crippen LogP contribution in [0.2, 0.25) is 0 Å². The zero-order valence-corrected chi connectivity index (χ0v) is 13.2. The van der Waals surface area contributed by atoms with Crippen LogP contribution in [-0.4, -0.2) is 50.1 Å². The van der Waals surface area contributed by atoms with E-state index in [1.807, 2.05) is 0 Å². The minimum atomic E-state index is 0.146. The molecule has 0 aromatic heterocycles. The Morgan fingerprint density at radius 2 is 2.05 bits per heavy atom. The van der Waals surface area contributed by atoms with Crippen molar-refractivity contribution in [1.29, 1.82) is 0 Å². The average Bonchev–Trinajstić information content (AvgIpc) is 2.27. The van der Waals surface area contributed by atoms with Gasteiger partial charge < -0.3 is 15.5 Å². The Kier molecular flexibility index (Phi) is 6.80. The fourth-order valence-electron chi connectivity index (χ4n) is 2.73. The summed E-state index contributed by atoms with van der Waals surface area (Å²) in [6.45, 7) is 8.34. The number of nitrogens with one attached hydrogen (secondary N) is 2. The van der Waals surface area contributed by atoms with E-state index in [1.165, 1.54) is 0 Å². The minimum Gasteiger partial charge on any atom is -0.352 e. The summed E-state index contributed by atoms with van der Waals surface area (Å²) >= 11 is 0. The van der Waals surface area contributed by atoms with E-state index in [1.54, 1.807) is 0 Å². The second-order valence-electron chi connectivity index (χ2n) is 6.68. The number of hydrogen-bond donors (Lipinski definition) is 2. The Balaban J connectivity index is 2.45. The Morgan fingerprint density at radius 1 is 1.37 bits per heavy atom. The van der Waals surface area contributed by atoms with Crippen LogP contribution in [0.3, 0.4) is 0 Å². The summed E-state index contributed by atoms with van der Waals surface area (Å²) < 4.78 is 0. The molecule has 0 saturated carbocycles. The molecule has 0 aliphatic carbocycles. The van der Waals surface area contributed by atoms with Crippen molar-refractivity contribution in [2.45, 2.75) is 52.1 Å². The van der Waals surface area contributed by atoms with Gasteiger partial charge >= 0.3 is 0 Å². The number of piperidine rings is 1. The molecule has 1 fully saturated rings. The smallest absolute Gasteiger partial charge is 0.224 e. The van der Waals surface area contributed by atoms with Gasteiger partial charge in [0, 0.05) is 25.2 Å². The van der Waals surface area contributed by atoms with Crippen molar-refractivity contribution < 1.29 is 4.79 Å². The summed E-state index contributed by atoms with van der Waals surface area (Å²) in [5.41, 5.74) is 0. The molecule has 19 heavy (non-hydrogen) atoms. The predicted molar refractivity (Wildman–Crippen MR) is 80.1 cm³/mol. The van der Waals surface area contributed by atoms with Gasteiger partial charge in [-0.3, -0.25) is 4.79 Å². The number of hydrogen-bond acceptors (Lipinski definition) is 3. The summed E-state index contributed by atoms with van der Waals surface area (Å²) in [5, 5.41) is 6.64. The first-order chi connectivity index (χ1) is 8.88. The van der Waals surface area contributed by atoms with Gasteiger partial charge in [-0.2, -0.15) is 0 Å². The van der Waals surface area contributed by atoms with E-state index in [2.05, 4.69) is 50.4 Å². The van der Waals surface area contributed by atoms with E-state index in [-0.39, 0.29) is 17.9 Å². The number of rotatable bonds is 6. The number of amides is 1. The van der Waals surface area contributed by atoms with Crippen molar-refractivity contribution >= 4 is 5.91 Å². The van der Waals surface area contributed by atoms with Crippen molar-refractivity contribution in [3.63, 3.8) is 0 Å². The third-order valence-corrected chi connectivity index (χ3v) is 3.72. The minimum absolute atomic E-state index is 0.146. The molecule has 0 spiro atoms. The standard InChI is InChI=1S/C15H31N3O/c1-11(2)8-14(10-18(4)5)17-15(19)13-7-6-12(3)16-9-13/h11-14,16H,6-10H2,1-5H3,(H,17,19). The summed E-state index contributed by atoms with van der Waals surface area (Å²) in [4.78, 5) is 14.5. The molecular formula is C15H31N3O. The summed E-state index contributed by atoms with van der Waals surface area (Å²) in [5.74, 6) is 0.981. The predicted octanol–water partition coefficient (Wildman–Crippen LogP) is 1.47. The quantitative estimate of drug-likeness (QED) is 0.767. The van der Waals surface area contributed by atoms with E-state index in [9.17, 15) is 4.79 Å². The van der Waals surface area contributed by atoms with Crippen molar-refractivity contribution in [2.24, 2.45) is 11.8 Å². The average molecular weight is 269 g/mol. The monoisotopic (exact) mass is 269 g/mol. The van der Waals surface area contributed by atoms with Crippen LogP contribution in [-0.2, 0) is 4.79 Å². The highest BCUT2D eigenvalue weighted by molar-refractivity contribution is 5.79. The van der Waals surface area contributed by atoms with Gasteiger partial charge in [-0.25, -0.2) is 0 Å². The highest BCUT2D eigenvalue weighted by atomic mass is 16.2. The van der Waals surface area contributed by atoms with Crippen molar-refractivity contribution in [1.82, 2.24) is 15.5 Å². The highest BCUT2D eigenvalue weighted by Gasteiger charge is 2.25. The maximum Gasteiger partial charge on any atom is 0.224 e. The van der Waals surface area contributed by atoms with E-state index < -0.39 is 0 Å². The third-order valence-electron chi connectivity index (χ3n) is 3.72. The van der Waals surface area contributed by atoms with E-state index in [0.29, 0.717) is 12.0 Å². The lowest BCUT2D eigenvalue weighted by atomic mass is 9.94. The molecule has 4 nitrogen and oxygen atoms in total. The molecule has 0 bridgehead atoms. The molecule has 112 valence electrons. The molecule has 1 aliphatic heterocycles. The van der Waals surface area contributed by atoms with E-state index in [4.69, 9.17) is 0 Å². The summed E-state index contributed by atoms with van der Waals surface area (Å²) in [7, 11) is 4.12. The van der Waals surface area contributed by atoms with Crippen LogP contribution in [0.5, 0.6) is 0 Å². The van der Waals surface area contributed by atoms with Gasteiger partial charge in [0.2, 0.25) is 5.91 Å². The molecule has 4 heteroatoms. The summed E-state index contributed by atoms with van der Waals surface area (Å²) in [6, 6.07) is 0.819. The van der Waals surface area contributed by atoms with Crippen LogP contribution in [0, 0.1) is 11.8 Å². The first-order valence-corrected chi connectivity index (χ1v) is 7.57. The first-order valence-electron chi connectivity index (χ1n) is 7.57. The number of carbonyl (C=O) groups excluding carboxylic acids is 1. The van der Waals surface area contributed by atoms with Crippen LogP contribution in [0.1, 0.15) is 40.0 Å². The largest absolute Gasteiger partial charge is 0.352 e. The highest BCUT2D eigenvalue weighted by Crippen LogP contribution is 2.15. The lowest BCUT2D eigenvalue weighted by Gasteiger charge is -2.30. The summed E-state index contributed by atoms with van der Waals surface area (Å²) in [6.07, 6.45) is 3.15. The van der Waals surface area contributed by atoms with Crippen LogP contribution in [0.25, 0.3) is 0 Å². The van der Waals surface area contributed by atoms with Crippen molar-refractivity contribution in [3.05, 3.63) is 0 Å². The van der Waals surface area contributed by atoms with Crippen LogP contribution in [0.4, 0.5) is 0 Å². The second kappa shape index (κ2) is 7.85. The topological polar surface area (TPSA) is 44.4 Å². The zero-order chi connectivity index (χ0) is 14.4. The first kappa shape index (κ1) is 16.4. The fourth-order valence-corrected chi connectivity index (χ4v) is 2.73. The molecular weight excluding hydrogens is 238 g/mol. The molecule has 3 unspecified atom stereocenters. The molecule has 0 radical (unpaired) electrons. The van der Waals surface area contributed by atoms with E-state index in [0.717, 1.165) is 32.4 Å². The molecule has 1 rings (SSSR count). The van der Waals surface area contributed by atoms with Gasteiger partial charge in [-0.15, -0.1) is 0 Å². The fraction of sp³-hybridized carbons (Fsp3) is 0.933. The van der Waals surface area contributed by atoms with Gasteiger partial charge in [0.1, 0.15) is 0 Å². The molecule has 2 N–H and O–H groups in total. The third kappa shape index (κ3) is 6.39. The maximum atomic E-state index is 12.3. The van der Waals surface area contributed by atoms with Crippen molar-refractivity contribution in [2.75, 3.05) is 27.2 Å². The normalized spacial score (nSPS) is 25.6. The Bertz CT molecular complexity index is 261.